The molecule has 2 N–H and O–H groups in total. The van der Waals surface area contributed by atoms with Crippen LogP contribution in [0.4, 0.5) is 9.93 Å². The molecule has 1 heterocycles. The van der Waals surface area contributed by atoms with Gasteiger partial charge in [-0.05, 0) is 52.0 Å². The van der Waals surface area contributed by atoms with E-state index in [2.05, 4.69) is 15.6 Å². The summed E-state index contributed by atoms with van der Waals surface area (Å²) in [5, 5.41) is 6.02. The second kappa shape index (κ2) is 10.0. The van der Waals surface area contributed by atoms with Crippen molar-refractivity contribution in [3.8, 4) is 0 Å². The lowest BCUT2D eigenvalue weighted by atomic mass is 10.0. The number of hydrogen-bond donors (Lipinski definition) is 2. The van der Waals surface area contributed by atoms with Gasteiger partial charge in [-0.1, -0.05) is 30.3 Å². The van der Waals surface area contributed by atoms with Crippen LogP contribution >= 0.6 is 11.3 Å². The molecule has 8 heteroatoms. The van der Waals surface area contributed by atoms with Gasteiger partial charge in [0.25, 0.3) is 5.91 Å². The summed E-state index contributed by atoms with van der Waals surface area (Å²) >= 11 is 1.50. The van der Waals surface area contributed by atoms with Gasteiger partial charge in [0.2, 0.25) is 0 Å². The molecule has 1 atom stereocenters. The molecular weight excluding hydrogens is 402 g/mol. The van der Waals surface area contributed by atoms with E-state index in [9.17, 15) is 9.59 Å². The number of ether oxygens (including phenoxy) is 2. The minimum Gasteiger partial charge on any atom is -0.444 e. The number of nitrogens with zero attached hydrogens (tertiary/aromatic N) is 1. The first-order valence-corrected chi connectivity index (χ1v) is 11.0. The van der Waals surface area contributed by atoms with Crippen LogP contribution in [-0.4, -0.2) is 35.2 Å². The predicted molar refractivity (Wildman–Crippen MR) is 117 cm³/mol. The van der Waals surface area contributed by atoms with Crippen molar-refractivity contribution in [1.82, 2.24) is 10.3 Å². The van der Waals surface area contributed by atoms with E-state index < -0.39 is 17.7 Å². The molecule has 30 heavy (non-hydrogen) atoms. The molecule has 2 aromatic rings. The molecule has 0 bridgehead atoms. The number of benzene rings is 1. The Labute approximate surface area is 181 Å². The number of carbonyl (C=O) groups excluding carboxylic acids is 2. The van der Waals surface area contributed by atoms with Crippen molar-refractivity contribution in [2.24, 2.45) is 0 Å². The third-order valence-electron chi connectivity index (χ3n) is 4.48. The zero-order valence-corrected chi connectivity index (χ0v) is 18.5. The van der Waals surface area contributed by atoms with Crippen LogP contribution in [0.1, 0.15) is 49.7 Å². The Hall–Kier alpha value is -2.45. The standard InChI is InChI=1S/C22H29N3O4S/c1-22(2,3)29-21(27)24-17(14-28-13-15-9-5-4-6-10-15)19(26)25-20-23-16-11-7-8-12-18(16)30-20/h4-6,9-10,17H,7-8,11-14H2,1-3H3,(H,24,27)(H,23,25,26)/t17-/m0/s1. The number of aryl methyl sites for hydroxylation is 2. The highest BCUT2D eigenvalue weighted by atomic mass is 32.1. The smallest absolute Gasteiger partial charge is 0.408 e. The van der Waals surface area contributed by atoms with E-state index in [0.29, 0.717) is 11.7 Å². The van der Waals surface area contributed by atoms with Gasteiger partial charge in [0.05, 0.1) is 18.9 Å². The molecule has 0 saturated carbocycles. The third-order valence-corrected chi connectivity index (χ3v) is 5.55. The molecule has 3 rings (SSSR count). The van der Waals surface area contributed by atoms with Gasteiger partial charge < -0.3 is 20.1 Å². The van der Waals surface area contributed by atoms with Crippen molar-refractivity contribution in [2.75, 3.05) is 11.9 Å². The maximum Gasteiger partial charge on any atom is 0.408 e. The van der Waals surface area contributed by atoms with Crippen LogP contribution in [0.3, 0.4) is 0 Å². The fourth-order valence-electron chi connectivity index (χ4n) is 3.10. The Bertz CT molecular complexity index is 838. The van der Waals surface area contributed by atoms with Crippen LogP contribution in [0.2, 0.25) is 0 Å². The molecule has 0 spiro atoms. The van der Waals surface area contributed by atoms with Crippen LogP contribution < -0.4 is 10.6 Å². The molecule has 0 aliphatic heterocycles. The van der Waals surface area contributed by atoms with Gasteiger partial charge in [0.1, 0.15) is 11.6 Å². The third kappa shape index (κ3) is 6.81. The first-order valence-electron chi connectivity index (χ1n) is 10.2. The maximum absolute atomic E-state index is 12.9. The first-order chi connectivity index (χ1) is 14.3. The van der Waals surface area contributed by atoms with Gasteiger partial charge in [0.15, 0.2) is 5.13 Å². The number of rotatable bonds is 7. The van der Waals surface area contributed by atoms with Crippen molar-refractivity contribution in [3.63, 3.8) is 0 Å². The largest absolute Gasteiger partial charge is 0.444 e. The van der Waals surface area contributed by atoms with Gasteiger partial charge in [-0.2, -0.15) is 0 Å². The van der Waals surface area contributed by atoms with Crippen molar-refractivity contribution in [3.05, 3.63) is 46.5 Å². The average Bonchev–Trinajstić information content (AvgIpc) is 3.08. The summed E-state index contributed by atoms with van der Waals surface area (Å²) in [5.41, 5.74) is 1.39. The normalized spacial score (nSPS) is 14.5. The predicted octanol–water partition coefficient (Wildman–Crippen LogP) is 4.07. The van der Waals surface area contributed by atoms with E-state index in [4.69, 9.17) is 9.47 Å². The molecule has 0 saturated heterocycles. The van der Waals surface area contributed by atoms with E-state index in [1.807, 2.05) is 30.3 Å². The van der Waals surface area contributed by atoms with Gasteiger partial charge in [0, 0.05) is 4.88 Å². The highest BCUT2D eigenvalue weighted by molar-refractivity contribution is 7.15. The molecule has 2 amide bonds. The highest BCUT2D eigenvalue weighted by Gasteiger charge is 2.26. The molecule has 0 fully saturated rings. The Morgan fingerprint density at radius 2 is 1.90 bits per heavy atom. The summed E-state index contributed by atoms with van der Waals surface area (Å²) in [6, 6.07) is 8.76. The first kappa shape index (κ1) is 22.2. The van der Waals surface area contributed by atoms with Crippen molar-refractivity contribution in [1.29, 1.82) is 0 Å². The van der Waals surface area contributed by atoms with E-state index >= 15 is 0 Å². The number of nitrogens with one attached hydrogen (secondary N) is 2. The van der Waals surface area contributed by atoms with E-state index in [1.165, 1.54) is 16.2 Å². The summed E-state index contributed by atoms with van der Waals surface area (Å²) in [6.07, 6.45) is 3.56. The van der Waals surface area contributed by atoms with Crippen LogP contribution in [0, 0.1) is 0 Å². The second-order valence-electron chi connectivity index (χ2n) is 8.28. The number of anilines is 1. The lowest BCUT2D eigenvalue weighted by Gasteiger charge is -2.23. The Kier molecular flexibility index (Phi) is 7.44. The molecule has 1 aliphatic rings. The molecule has 162 valence electrons. The maximum atomic E-state index is 12.9. The number of hydrogen-bond acceptors (Lipinski definition) is 6. The lowest BCUT2D eigenvalue weighted by molar-refractivity contribution is -0.119. The van der Waals surface area contributed by atoms with Gasteiger partial charge in [-0.25, -0.2) is 9.78 Å². The number of alkyl carbamates (subject to hydrolysis) is 1. The van der Waals surface area contributed by atoms with Gasteiger partial charge >= 0.3 is 6.09 Å². The quantitative estimate of drug-likeness (QED) is 0.690. The zero-order valence-electron chi connectivity index (χ0n) is 17.7. The molecule has 1 aromatic heterocycles. The molecule has 1 aromatic carbocycles. The minimum atomic E-state index is -0.899. The molecule has 7 nitrogen and oxygen atoms in total. The lowest BCUT2D eigenvalue weighted by Crippen LogP contribution is -2.48. The summed E-state index contributed by atoms with van der Waals surface area (Å²) in [5.74, 6) is -0.375. The highest BCUT2D eigenvalue weighted by Crippen LogP contribution is 2.29. The van der Waals surface area contributed by atoms with Crippen LogP contribution in [0.5, 0.6) is 0 Å². The minimum absolute atomic E-state index is 0.0189. The van der Waals surface area contributed by atoms with E-state index in [-0.39, 0.29) is 12.5 Å². The molecular formula is C22H29N3O4S. The van der Waals surface area contributed by atoms with Crippen LogP contribution in [-0.2, 0) is 33.7 Å². The fourth-order valence-corrected chi connectivity index (χ4v) is 4.15. The number of amides is 2. The Balaban J connectivity index is 1.62. The summed E-state index contributed by atoms with van der Waals surface area (Å²) in [6.45, 7) is 5.67. The molecule has 0 radical (unpaired) electrons. The van der Waals surface area contributed by atoms with Gasteiger partial charge in [-0.3, -0.25) is 4.79 Å². The number of carbonyl (C=O) groups is 2. The van der Waals surface area contributed by atoms with Crippen molar-refractivity contribution < 1.29 is 19.1 Å². The second-order valence-corrected chi connectivity index (χ2v) is 9.37. The Morgan fingerprint density at radius 3 is 2.60 bits per heavy atom. The number of thiazole rings is 1. The van der Waals surface area contributed by atoms with E-state index in [1.54, 1.807) is 20.8 Å². The van der Waals surface area contributed by atoms with Crippen molar-refractivity contribution in [2.45, 2.75) is 64.7 Å². The SMILES string of the molecule is CC(C)(C)OC(=O)N[C@@H](COCc1ccccc1)C(=O)Nc1nc2c(s1)CCCC2. The summed E-state index contributed by atoms with van der Waals surface area (Å²) in [7, 11) is 0. The molecule has 1 aliphatic carbocycles. The zero-order chi connectivity index (χ0) is 21.6. The van der Waals surface area contributed by atoms with E-state index in [0.717, 1.165) is 36.9 Å². The Morgan fingerprint density at radius 1 is 1.17 bits per heavy atom. The van der Waals surface area contributed by atoms with Crippen LogP contribution in [0.25, 0.3) is 0 Å². The summed E-state index contributed by atoms with van der Waals surface area (Å²) in [4.78, 5) is 30.9. The van der Waals surface area contributed by atoms with Gasteiger partial charge in [-0.15, -0.1) is 11.3 Å². The van der Waals surface area contributed by atoms with Crippen LogP contribution in [0.15, 0.2) is 30.3 Å². The average molecular weight is 432 g/mol. The summed E-state index contributed by atoms with van der Waals surface area (Å²) < 4.78 is 11.0. The topological polar surface area (TPSA) is 89.5 Å². The monoisotopic (exact) mass is 431 g/mol. The number of aromatic nitrogens is 1. The molecule has 0 unspecified atom stereocenters. The van der Waals surface area contributed by atoms with Crippen molar-refractivity contribution >= 4 is 28.5 Å². The fraction of sp³-hybridized carbons (Fsp3) is 0.500. The number of fused-ring (bicyclic) bond motifs is 1.